The Balaban J connectivity index is 2.27. The van der Waals surface area contributed by atoms with Crippen molar-refractivity contribution in [2.75, 3.05) is 13.1 Å². The van der Waals surface area contributed by atoms with Gasteiger partial charge < -0.3 is 4.90 Å². The molecule has 80 valence electrons. The van der Waals surface area contributed by atoms with Crippen LogP contribution in [0, 0.1) is 6.92 Å². The molecule has 1 aliphatic rings. The molecular formula is C12H14BrNO. The van der Waals surface area contributed by atoms with Crippen molar-refractivity contribution < 1.29 is 4.79 Å². The van der Waals surface area contributed by atoms with Crippen LogP contribution in [0.2, 0.25) is 0 Å². The number of carbonyl (C=O) groups is 1. The van der Waals surface area contributed by atoms with Gasteiger partial charge in [-0.25, -0.2) is 0 Å². The number of hydrogen-bond donors (Lipinski definition) is 0. The van der Waals surface area contributed by atoms with E-state index in [4.69, 9.17) is 0 Å². The first-order valence-corrected chi connectivity index (χ1v) is 6.03. The van der Waals surface area contributed by atoms with Crippen LogP contribution in [-0.4, -0.2) is 23.9 Å². The number of aryl methyl sites for hydroxylation is 1. The van der Waals surface area contributed by atoms with Crippen LogP contribution in [0.15, 0.2) is 22.7 Å². The zero-order chi connectivity index (χ0) is 10.8. The third-order valence-corrected chi connectivity index (χ3v) is 3.44. The zero-order valence-corrected chi connectivity index (χ0v) is 10.4. The first kappa shape index (κ1) is 10.7. The molecule has 0 aliphatic carbocycles. The summed E-state index contributed by atoms with van der Waals surface area (Å²) in [6, 6.07) is 5.90. The number of carbonyl (C=O) groups excluding carboxylic acids is 1. The predicted octanol–water partition coefficient (Wildman–Crippen LogP) is 2.99. The highest BCUT2D eigenvalue weighted by Gasteiger charge is 2.21. The molecule has 1 aromatic rings. The summed E-state index contributed by atoms with van der Waals surface area (Å²) in [5.41, 5.74) is 1.91. The zero-order valence-electron chi connectivity index (χ0n) is 8.79. The molecule has 15 heavy (non-hydrogen) atoms. The molecule has 1 saturated heterocycles. The SMILES string of the molecule is Cc1ccc(Br)c(C(=O)N2CCCC2)c1. The summed E-state index contributed by atoms with van der Waals surface area (Å²) in [5.74, 6) is 0.156. The van der Waals surface area contributed by atoms with Gasteiger partial charge in [0.15, 0.2) is 0 Å². The highest BCUT2D eigenvalue weighted by Crippen LogP contribution is 2.21. The van der Waals surface area contributed by atoms with Crippen molar-refractivity contribution in [1.82, 2.24) is 4.90 Å². The fraction of sp³-hybridized carbons (Fsp3) is 0.417. The van der Waals surface area contributed by atoms with Crippen LogP contribution in [0.4, 0.5) is 0 Å². The summed E-state index contributed by atoms with van der Waals surface area (Å²) in [5, 5.41) is 0. The molecule has 1 aliphatic heterocycles. The molecule has 1 heterocycles. The quantitative estimate of drug-likeness (QED) is 0.766. The molecule has 1 fully saturated rings. The van der Waals surface area contributed by atoms with E-state index < -0.39 is 0 Å². The van der Waals surface area contributed by atoms with Crippen LogP contribution in [0.3, 0.4) is 0 Å². The van der Waals surface area contributed by atoms with Crippen LogP contribution in [0.1, 0.15) is 28.8 Å². The minimum atomic E-state index is 0.156. The third-order valence-electron chi connectivity index (χ3n) is 2.75. The molecule has 2 nitrogen and oxygen atoms in total. The highest BCUT2D eigenvalue weighted by molar-refractivity contribution is 9.10. The lowest BCUT2D eigenvalue weighted by atomic mass is 10.1. The van der Waals surface area contributed by atoms with E-state index in [2.05, 4.69) is 15.9 Å². The Hall–Kier alpha value is -0.830. The number of amides is 1. The fourth-order valence-electron chi connectivity index (χ4n) is 1.89. The maximum atomic E-state index is 12.1. The Morgan fingerprint density at radius 3 is 2.67 bits per heavy atom. The summed E-state index contributed by atoms with van der Waals surface area (Å²) in [6.07, 6.45) is 2.27. The van der Waals surface area contributed by atoms with Gasteiger partial charge >= 0.3 is 0 Å². The summed E-state index contributed by atoms with van der Waals surface area (Å²) >= 11 is 3.43. The Bertz CT molecular complexity index is 383. The van der Waals surface area contributed by atoms with E-state index in [1.807, 2.05) is 30.0 Å². The first-order valence-electron chi connectivity index (χ1n) is 5.24. The Morgan fingerprint density at radius 2 is 2.00 bits per heavy atom. The van der Waals surface area contributed by atoms with Gasteiger partial charge in [0.25, 0.3) is 5.91 Å². The molecule has 0 unspecified atom stereocenters. The van der Waals surface area contributed by atoms with E-state index in [1.165, 1.54) is 0 Å². The van der Waals surface area contributed by atoms with Gasteiger partial charge in [0.05, 0.1) is 5.56 Å². The molecule has 1 amide bonds. The van der Waals surface area contributed by atoms with Crippen molar-refractivity contribution in [3.63, 3.8) is 0 Å². The number of nitrogens with zero attached hydrogens (tertiary/aromatic N) is 1. The second-order valence-corrected chi connectivity index (χ2v) is 4.84. The Kier molecular flexibility index (Phi) is 3.10. The van der Waals surface area contributed by atoms with E-state index >= 15 is 0 Å². The molecule has 0 spiro atoms. The van der Waals surface area contributed by atoms with Gasteiger partial charge in [-0.15, -0.1) is 0 Å². The van der Waals surface area contributed by atoms with Crippen molar-refractivity contribution in [3.8, 4) is 0 Å². The smallest absolute Gasteiger partial charge is 0.255 e. The average molecular weight is 268 g/mol. The Labute approximate surface area is 98.4 Å². The van der Waals surface area contributed by atoms with E-state index in [9.17, 15) is 4.79 Å². The topological polar surface area (TPSA) is 20.3 Å². The summed E-state index contributed by atoms with van der Waals surface area (Å²) in [6.45, 7) is 3.81. The maximum Gasteiger partial charge on any atom is 0.255 e. The monoisotopic (exact) mass is 267 g/mol. The van der Waals surface area contributed by atoms with Crippen LogP contribution < -0.4 is 0 Å². The minimum Gasteiger partial charge on any atom is -0.339 e. The number of benzene rings is 1. The van der Waals surface area contributed by atoms with Crippen molar-refractivity contribution >= 4 is 21.8 Å². The maximum absolute atomic E-state index is 12.1. The number of hydrogen-bond acceptors (Lipinski definition) is 1. The van der Waals surface area contributed by atoms with Gasteiger partial charge in [0.2, 0.25) is 0 Å². The predicted molar refractivity (Wildman–Crippen MR) is 64.0 cm³/mol. The molecule has 1 aromatic carbocycles. The van der Waals surface area contributed by atoms with Crippen molar-refractivity contribution in [3.05, 3.63) is 33.8 Å². The summed E-state index contributed by atoms with van der Waals surface area (Å²) < 4.78 is 0.894. The van der Waals surface area contributed by atoms with E-state index in [1.54, 1.807) is 0 Å². The standard InChI is InChI=1S/C12H14BrNO/c1-9-4-5-11(13)10(8-9)12(15)14-6-2-3-7-14/h4-5,8H,2-3,6-7H2,1H3. The lowest BCUT2D eigenvalue weighted by molar-refractivity contribution is 0.0792. The molecule has 0 atom stereocenters. The fourth-order valence-corrected chi connectivity index (χ4v) is 2.31. The molecule has 0 aromatic heterocycles. The van der Waals surface area contributed by atoms with Crippen LogP contribution in [-0.2, 0) is 0 Å². The number of rotatable bonds is 1. The molecule has 0 radical (unpaired) electrons. The number of likely N-dealkylation sites (tertiary alicyclic amines) is 1. The van der Waals surface area contributed by atoms with E-state index in [0.29, 0.717) is 0 Å². The second-order valence-electron chi connectivity index (χ2n) is 3.98. The van der Waals surface area contributed by atoms with Gasteiger partial charge in [0.1, 0.15) is 0 Å². The Morgan fingerprint density at radius 1 is 1.33 bits per heavy atom. The molecule has 0 saturated carbocycles. The molecule has 2 rings (SSSR count). The van der Waals surface area contributed by atoms with Gasteiger partial charge in [-0.1, -0.05) is 11.6 Å². The van der Waals surface area contributed by atoms with E-state index in [0.717, 1.165) is 41.5 Å². The molecule has 0 bridgehead atoms. The molecule has 0 N–H and O–H groups in total. The lowest BCUT2D eigenvalue weighted by Gasteiger charge is -2.16. The largest absolute Gasteiger partial charge is 0.339 e. The summed E-state index contributed by atoms with van der Waals surface area (Å²) in [4.78, 5) is 14.0. The summed E-state index contributed by atoms with van der Waals surface area (Å²) in [7, 11) is 0. The van der Waals surface area contributed by atoms with Crippen LogP contribution in [0.25, 0.3) is 0 Å². The van der Waals surface area contributed by atoms with Crippen LogP contribution in [0.5, 0.6) is 0 Å². The van der Waals surface area contributed by atoms with Crippen molar-refractivity contribution in [2.45, 2.75) is 19.8 Å². The molecule has 3 heteroatoms. The van der Waals surface area contributed by atoms with Gasteiger partial charge in [-0.05, 0) is 47.8 Å². The number of halogens is 1. The van der Waals surface area contributed by atoms with Gasteiger partial charge in [-0.3, -0.25) is 4.79 Å². The third kappa shape index (κ3) is 2.23. The molecular weight excluding hydrogens is 254 g/mol. The van der Waals surface area contributed by atoms with Crippen molar-refractivity contribution in [2.24, 2.45) is 0 Å². The van der Waals surface area contributed by atoms with Crippen LogP contribution >= 0.6 is 15.9 Å². The van der Waals surface area contributed by atoms with Gasteiger partial charge in [0, 0.05) is 17.6 Å². The van der Waals surface area contributed by atoms with Crippen molar-refractivity contribution in [1.29, 1.82) is 0 Å². The average Bonchev–Trinajstić information content (AvgIpc) is 2.74. The normalized spacial score (nSPS) is 15.7. The highest BCUT2D eigenvalue weighted by atomic mass is 79.9. The lowest BCUT2D eigenvalue weighted by Crippen LogP contribution is -2.27. The minimum absolute atomic E-state index is 0.156. The second kappa shape index (κ2) is 4.35. The van der Waals surface area contributed by atoms with E-state index in [-0.39, 0.29) is 5.91 Å². The first-order chi connectivity index (χ1) is 7.18. The van der Waals surface area contributed by atoms with Gasteiger partial charge in [-0.2, -0.15) is 0 Å².